The minimum atomic E-state index is -4.90. The number of hydrogen-bond donors (Lipinski definition) is 4. The number of aromatic amines is 1. The Morgan fingerprint density at radius 1 is 1.43 bits per heavy atom. The van der Waals surface area contributed by atoms with Crippen molar-refractivity contribution < 1.29 is 31.9 Å². The van der Waals surface area contributed by atoms with E-state index >= 15 is 0 Å². The summed E-state index contributed by atoms with van der Waals surface area (Å²) >= 11 is 0. The molecule has 3 heterocycles. The second kappa shape index (κ2) is 8.23. The van der Waals surface area contributed by atoms with Crippen molar-refractivity contribution >= 4 is 51.9 Å². The quantitative estimate of drug-likeness (QED) is 0.244. The molecule has 2 bridgehead atoms. The van der Waals surface area contributed by atoms with Crippen LogP contribution in [-0.2, 0) is 26.0 Å². The summed E-state index contributed by atoms with van der Waals surface area (Å²) in [7, 11) is -4.90. The summed E-state index contributed by atoms with van der Waals surface area (Å²) in [4.78, 5) is 39.9. The van der Waals surface area contributed by atoms with Crippen LogP contribution in [0.1, 0.15) is 12.6 Å². The molecule has 2 aliphatic rings. The number of fused-ring (bicyclic) bond motifs is 2. The molecule has 1 aromatic heterocycles. The molecule has 1 fully saturated rings. The molecule has 1 aromatic rings. The standard InChI is InChI=1S/C14H16N4O8S.Na.H/c1-7-2-9(13(21)16-4-8-3-11(19)12(20)5-15-8)17-6-10(7)18(14(17)22)26-27(23,24)25;;/h2-3,5,9-10,20H,4,6H2,1H3,(H,15,19)(H,16,21)(H,23,24,25);;. The third-order valence-corrected chi connectivity index (χ3v) is 4.57. The summed E-state index contributed by atoms with van der Waals surface area (Å²) in [6.45, 7) is 1.54. The second-order valence-electron chi connectivity index (χ2n) is 6.06. The molecular formula is C14H17N4NaO8S. The molecule has 4 N–H and O–H groups in total. The number of pyridine rings is 1. The molecule has 1 saturated heterocycles. The van der Waals surface area contributed by atoms with Crippen LogP contribution in [0, 0.1) is 0 Å². The zero-order chi connectivity index (χ0) is 19.9. The Kier molecular flexibility index (Phi) is 6.58. The Hall–Kier alpha value is -1.90. The first-order valence-electron chi connectivity index (χ1n) is 7.70. The summed E-state index contributed by atoms with van der Waals surface area (Å²) in [5, 5.41) is 12.3. The fraction of sp³-hybridized carbons (Fsp3) is 0.357. The molecule has 0 spiro atoms. The van der Waals surface area contributed by atoms with Crippen LogP contribution in [0.4, 0.5) is 4.79 Å². The minimum absolute atomic E-state index is 0. The van der Waals surface area contributed by atoms with E-state index in [1.807, 2.05) is 0 Å². The maximum atomic E-state index is 12.5. The number of rotatable bonds is 5. The summed E-state index contributed by atoms with van der Waals surface area (Å²) in [6, 6.07) is -1.54. The Morgan fingerprint density at radius 3 is 2.71 bits per heavy atom. The van der Waals surface area contributed by atoms with Crippen LogP contribution in [0.25, 0.3) is 0 Å². The second-order valence-corrected chi connectivity index (χ2v) is 7.06. The van der Waals surface area contributed by atoms with Gasteiger partial charge < -0.3 is 20.3 Å². The molecule has 14 heteroatoms. The third kappa shape index (κ3) is 4.56. The van der Waals surface area contributed by atoms with E-state index in [0.29, 0.717) is 16.3 Å². The number of hydrogen-bond acceptors (Lipinski definition) is 7. The average molecular weight is 424 g/mol. The first-order chi connectivity index (χ1) is 12.6. The first kappa shape index (κ1) is 22.4. The fourth-order valence-corrected chi connectivity index (χ4v) is 3.28. The van der Waals surface area contributed by atoms with Gasteiger partial charge in [0.1, 0.15) is 12.1 Å². The Morgan fingerprint density at radius 2 is 2.11 bits per heavy atom. The molecule has 0 saturated carbocycles. The van der Waals surface area contributed by atoms with Crippen molar-refractivity contribution in [2.24, 2.45) is 0 Å². The summed E-state index contributed by atoms with van der Waals surface area (Å²) in [5.74, 6) is -1.02. The van der Waals surface area contributed by atoms with Gasteiger partial charge in [-0.25, -0.2) is 4.79 Å². The summed E-state index contributed by atoms with van der Waals surface area (Å²) in [5.41, 5.74) is 0.241. The van der Waals surface area contributed by atoms with Crippen molar-refractivity contribution in [1.82, 2.24) is 20.3 Å². The molecule has 148 valence electrons. The monoisotopic (exact) mass is 424 g/mol. The molecule has 2 unspecified atom stereocenters. The van der Waals surface area contributed by atoms with Crippen LogP contribution in [0.5, 0.6) is 5.75 Å². The van der Waals surface area contributed by atoms with Crippen molar-refractivity contribution in [3.63, 3.8) is 0 Å². The number of amides is 3. The first-order valence-corrected chi connectivity index (χ1v) is 9.07. The van der Waals surface area contributed by atoms with E-state index in [4.69, 9.17) is 4.55 Å². The summed E-state index contributed by atoms with van der Waals surface area (Å²) < 4.78 is 35.0. The van der Waals surface area contributed by atoms with Crippen LogP contribution in [-0.4, -0.2) is 93.1 Å². The van der Waals surface area contributed by atoms with Gasteiger partial charge in [0.15, 0.2) is 5.75 Å². The molecule has 0 radical (unpaired) electrons. The van der Waals surface area contributed by atoms with Crippen LogP contribution in [0.3, 0.4) is 0 Å². The van der Waals surface area contributed by atoms with E-state index in [0.717, 1.165) is 17.2 Å². The number of carbonyl (C=O) groups is 2. The Bertz CT molecular complexity index is 991. The number of carbonyl (C=O) groups excluding carboxylic acids is 2. The molecule has 3 rings (SSSR count). The van der Waals surface area contributed by atoms with E-state index in [1.54, 1.807) is 6.92 Å². The predicted octanol–water partition coefficient (Wildman–Crippen LogP) is -1.78. The van der Waals surface area contributed by atoms with Gasteiger partial charge in [0.05, 0.1) is 13.1 Å². The molecule has 2 aliphatic heterocycles. The van der Waals surface area contributed by atoms with Crippen LogP contribution in [0.2, 0.25) is 0 Å². The van der Waals surface area contributed by atoms with Crippen molar-refractivity contribution in [2.75, 3.05) is 6.54 Å². The van der Waals surface area contributed by atoms with Crippen molar-refractivity contribution in [3.05, 3.63) is 39.8 Å². The van der Waals surface area contributed by atoms with E-state index < -0.39 is 45.6 Å². The maximum absolute atomic E-state index is 12.5. The molecule has 3 amide bonds. The van der Waals surface area contributed by atoms with Gasteiger partial charge in [-0.3, -0.25) is 14.1 Å². The third-order valence-electron chi connectivity index (χ3n) is 4.22. The molecule has 2 atom stereocenters. The molecular weight excluding hydrogens is 407 g/mol. The fourth-order valence-electron chi connectivity index (χ4n) is 2.91. The number of H-pyrrole nitrogens is 1. The van der Waals surface area contributed by atoms with E-state index in [9.17, 15) is 27.9 Å². The van der Waals surface area contributed by atoms with E-state index in [2.05, 4.69) is 14.6 Å². The van der Waals surface area contributed by atoms with Gasteiger partial charge in [0.25, 0.3) is 0 Å². The van der Waals surface area contributed by atoms with E-state index in [1.165, 1.54) is 6.08 Å². The van der Waals surface area contributed by atoms with Gasteiger partial charge in [0, 0.05) is 18.0 Å². The predicted molar refractivity (Wildman–Crippen MR) is 95.6 cm³/mol. The SMILES string of the molecule is CC1=CC(C(=O)NCc2cc(=O)c(O)c[nH]2)N2CC1N(OS(=O)(=O)O)C2=O.[NaH]. The van der Waals surface area contributed by atoms with Crippen molar-refractivity contribution in [3.8, 4) is 5.75 Å². The average Bonchev–Trinajstić information content (AvgIpc) is 2.84. The molecule has 12 nitrogen and oxygen atoms in total. The van der Waals surface area contributed by atoms with Gasteiger partial charge in [-0.2, -0.15) is 13.5 Å². The molecule has 0 aromatic carbocycles. The molecule has 28 heavy (non-hydrogen) atoms. The summed E-state index contributed by atoms with van der Waals surface area (Å²) in [6.07, 6.45) is 2.57. The van der Waals surface area contributed by atoms with Gasteiger partial charge in [0.2, 0.25) is 11.3 Å². The van der Waals surface area contributed by atoms with Crippen LogP contribution in [0.15, 0.2) is 28.7 Å². The number of nitrogens with one attached hydrogen (secondary N) is 2. The van der Waals surface area contributed by atoms with E-state index in [-0.39, 0.29) is 42.6 Å². The number of aromatic nitrogens is 1. The Balaban J connectivity index is 0.00000280. The van der Waals surface area contributed by atoms with Gasteiger partial charge in [-0.1, -0.05) is 6.08 Å². The number of aromatic hydroxyl groups is 1. The zero-order valence-electron chi connectivity index (χ0n) is 13.9. The Labute approximate surface area is 181 Å². The topological polar surface area (TPSA) is 169 Å². The normalized spacial score (nSPS) is 21.2. The number of urea groups is 1. The van der Waals surface area contributed by atoms with Crippen molar-refractivity contribution in [1.29, 1.82) is 0 Å². The van der Waals surface area contributed by atoms with Crippen LogP contribution < -0.4 is 10.7 Å². The van der Waals surface area contributed by atoms with Gasteiger partial charge in [-0.15, -0.1) is 4.28 Å². The van der Waals surface area contributed by atoms with Crippen molar-refractivity contribution in [2.45, 2.75) is 25.6 Å². The zero-order valence-corrected chi connectivity index (χ0v) is 14.8. The van der Waals surface area contributed by atoms with Gasteiger partial charge in [-0.05, 0) is 12.5 Å². The molecule has 0 aliphatic carbocycles. The number of hydroxylamine groups is 2. The number of nitrogens with zero attached hydrogens (tertiary/aromatic N) is 2. The van der Waals surface area contributed by atoms with Gasteiger partial charge >= 0.3 is 46.0 Å². The van der Waals surface area contributed by atoms with Crippen LogP contribution >= 0.6 is 0 Å².